The Bertz CT molecular complexity index is 1360. The van der Waals surface area contributed by atoms with Crippen molar-refractivity contribution in [2.75, 3.05) is 11.8 Å². The van der Waals surface area contributed by atoms with Gasteiger partial charge in [0.1, 0.15) is 17.1 Å². The van der Waals surface area contributed by atoms with E-state index in [1.54, 1.807) is 12.1 Å². The molecule has 0 saturated carbocycles. The Hall–Kier alpha value is -3.97. The fourth-order valence-corrected chi connectivity index (χ4v) is 4.93. The number of benzene rings is 1. The highest BCUT2D eigenvalue weighted by Crippen LogP contribution is 2.39. The van der Waals surface area contributed by atoms with Crippen LogP contribution in [0.5, 0.6) is 5.75 Å². The highest BCUT2D eigenvalue weighted by atomic mass is 32.2. The van der Waals surface area contributed by atoms with Gasteiger partial charge in [0.2, 0.25) is 10.2 Å². The highest BCUT2D eigenvalue weighted by Gasteiger charge is 2.36. The Morgan fingerprint density at radius 2 is 2.12 bits per heavy atom. The molecule has 0 atom stereocenters. The van der Waals surface area contributed by atoms with Crippen molar-refractivity contribution in [2.24, 2.45) is 0 Å². The molecule has 2 N–H and O–H groups in total. The molecule has 0 spiro atoms. The Morgan fingerprint density at radius 3 is 2.79 bits per heavy atom. The number of hydrogen-bond donors (Lipinski definition) is 2. The molecule has 4 rings (SSSR count). The van der Waals surface area contributed by atoms with E-state index in [4.69, 9.17) is 9.15 Å². The summed E-state index contributed by atoms with van der Waals surface area (Å²) < 4.78 is 42.7. The van der Waals surface area contributed by atoms with E-state index in [-0.39, 0.29) is 39.0 Å². The number of nitrogens with zero attached hydrogens (tertiary/aromatic N) is 1. The molecule has 1 aliphatic rings. The third kappa shape index (κ3) is 4.49. The summed E-state index contributed by atoms with van der Waals surface area (Å²) in [6, 6.07) is 4.51. The lowest BCUT2D eigenvalue weighted by Crippen LogP contribution is -2.20. The first-order chi connectivity index (χ1) is 15.8. The third-order valence-corrected chi connectivity index (χ3v) is 7.00. The second-order valence-corrected chi connectivity index (χ2v) is 9.26. The molecule has 1 amide bonds. The number of fused-ring (bicyclic) bond motifs is 1. The van der Waals surface area contributed by atoms with E-state index in [2.05, 4.69) is 19.8 Å². The molecule has 0 fully saturated rings. The van der Waals surface area contributed by atoms with E-state index in [1.807, 2.05) is 0 Å². The zero-order chi connectivity index (χ0) is 23.6. The summed E-state index contributed by atoms with van der Waals surface area (Å²) in [5.74, 6) is -2.02. The maximum absolute atomic E-state index is 12.7. The molecule has 33 heavy (non-hydrogen) atoms. The van der Waals surface area contributed by atoms with Crippen molar-refractivity contribution in [1.29, 1.82) is 0 Å². The zero-order valence-electron chi connectivity index (χ0n) is 16.9. The maximum atomic E-state index is 12.7. The van der Waals surface area contributed by atoms with Crippen LogP contribution in [0.3, 0.4) is 0 Å². The van der Waals surface area contributed by atoms with Crippen LogP contribution in [0.2, 0.25) is 0 Å². The van der Waals surface area contributed by atoms with Crippen LogP contribution in [0.1, 0.15) is 32.0 Å². The average Bonchev–Trinajstić information content (AvgIpc) is 3.53. The molecule has 2 aromatic heterocycles. The van der Waals surface area contributed by atoms with Gasteiger partial charge in [0.05, 0.1) is 31.2 Å². The molecule has 0 saturated heterocycles. The Labute approximate surface area is 191 Å². The van der Waals surface area contributed by atoms with Gasteiger partial charge in [0, 0.05) is 23.2 Å². The van der Waals surface area contributed by atoms with Gasteiger partial charge in [-0.05, 0) is 24.3 Å². The minimum Gasteiger partial charge on any atom is -0.495 e. The van der Waals surface area contributed by atoms with Crippen LogP contribution >= 0.6 is 11.3 Å². The second kappa shape index (κ2) is 8.88. The van der Waals surface area contributed by atoms with Crippen molar-refractivity contribution in [1.82, 2.24) is 10.3 Å². The van der Waals surface area contributed by atoms with Crippen LogP contribution in [-0.4, -0.2) is 38.4 Å². The molecule has 170 valence electrons. The van der Waals surface area contributed by atoms with Crippen LogP contribution in [0.25, 0.3) is 6.08 Å². The number of aromatic nitrogens is 1. The lowest BCUT2D eigenvalue weighted by Gasteiger charge is -2.15. The first-order valence-electron chi connectivity index (χ1n) is 9.22. The molecular weight excluding hydrogens is 474 g/mol. The van der Waals surface area contributed by atoms with Crippen molar-refractivity contribution >= 4 is 51.0 Å². The summed E-state index contributed by atoms with van der Waals surface area (Å²) in [4.78, 5) is 40.3. The third-order valence-electron chi connectivity index (χ3n) is 4.44. The van der Waals surface area contributed by atoms with Gasteiger partial charge in [0.25, 0.3) is 10.0 Å². The van der Waals surface area contributed by atoms with Gasteiger partial charge in [-0.25, -0.2) is 14.6 Å². The standard InChI is InChI=1S/C20H15N3O8S2/c1-29-17-12(4-5-15(24)22-10-11-3-2-7-30-11)14(9-13-16(17)19(26)31-18(13)25)23-33(27,28)20-21-6-8-32-20/h2-9,23H,10H2,1H3,(H,22,24)/b5-4+. The van der Waals surface area contributed by atoms with Gasteiger partial charge < -0.3 is 19.2 Å². The molecule has 3 heterocycles. The van der Waals surface area contributed by atoms with E-state index in [1.165, 1.54) is 31.0 Å². The number of methoxy groups -OCH3 is 1. The number of carbonyl (C=O) groups is 3. The van der Waals surface area contributed by atoms with Crippen LogP contribution in [-0.2, 0) is 26.1 Å². The molecule has 0 unspecified atom stereocenters. The number of carbonyl (C=O) groups excluding carboxylic acids is 3. The largest absolute Gasteiger partial charge is 0.495 e. The summed E-state index contributed by atoms with van der Waals surface area (Å²) in [7, 11) is -2.89. The molecule has 11 nitrogen and oxygen atoms in total. The fourth-order valence-electron chi connectivity index (χ4n) is 3.03. The number of esters is 2. The Kier molecular flexibility index (Phi) is 5.98. The lowest BCUT2D eigenvalue weighted by atomic mass is 10.0. The molecule has 3 aromatic rings. The minimum absolute atomic E-state index is 0.0381. The van der Waals surface area contributed by atoms with Gasteiger partial charge >= 0.3 is 11.9 Å². The summed E-state index contributed by atoms with van der Waals surface area (Å²) in [5, 5.41) is 4.08. The number of sulfonamides is 1. The quantitative estimate of drug-likeness (QED) is 0.275. The molecule has 1 aromatic carbocycles. The van der Waals surface area contributed by atoms with E-state index < -0.39 is 27.9 Å². The van der Waals surface area contributed by atoms with Crippen LogP contribution in [0.15, 0.2) is 50.9 Å². The molecule has 0 radical (unpaired) electrons. The first-order valence-corrected chi connectivity index (χ1v) is 11.6. The number of hydrogen-bond acceptors (Lipinski definition) is 10. The number of rotatable bonds is 8. The number of amides is 1. The van der Waals surface area contributed by atoms with Crippen molar-refractivity contribution in [3.8, 4) is 5.75 Å². The normalized spacial score (nSPS) is 13.1. The molecule has 1 aliphatic heterocycles. The second-order valence-electron chi connectivity index (χ2n) is 6.50. The minimum atomic E-state index is -4.13. The van der Waals surface area contributed by atoms with Gasteiger partial charge in [-0.1, -0.05) is 0 Å². The summed E-state index contributed by atoms with van der Waals surface area (Å²) >= 11 is 0.885. The van der Waals surface area contributed by atoms with E-state index in [0.717, 1.165) is 23.5 Å². The first kappa shape index (κ1) is 22.2. The van der Waals surface area contributed by atoms with E-state index in [0.29, 0.717) is 5.76 Å². The Morgan fingerprint density at radius 1 is 1.30 bits per heavy atom. The number of nitrogens with one attached hydrogen (secondary N) is 2. The van der Waals surface area contributed by atoms with E-state index in [9.17, 15) is 22.8 Å². The van der Waals surface area contributed by atoms with Crippen molar-refractivity contribution in [3.05, 3.63) is 64.6 Å². The number of thiazole rings is 1. The van der Waals surface area contributed by atoms with Crippen molar-refractivity contribution in [2.45, 2.75) is 10.9 Å². The topological polar surface area (TPSA) is 154 Å². The van der Waals surface area contributed by atoms with Gasteiger partial charge in [-0.2, -0.15) is 8.42 Å². The van der Waals surface area contributed by atoms with Crippen LogP contribution in [0.4, 0.5) is 5.69 Å². The number of furan rings is 1. The van der Waals surface area contributed by atoms with Gasteiger partial charge in [0.15, 0.2) is 0 Å². The van der Waals surface area contributed by atoms with Crippen molar-refractivity contribution in [3.63, 3.8) is 0 Å². The monoisotopic (exact) mass is 489 g/mol. The molecule has 0 bridgehead atoms. The summed E-state index contributed by atoms with van der Waals surface area (Å²) in [6.45, 7) is 0.127. The zero-order valence-corrected chi connectivity index (χ0v) is 18.5. The van der Waals surface area contributed by atoms with Crippen LogP contribution < -0.4 is 14.8 Å². The summed E-state index contributed by atoms with van der Waals surface area (Å²) in [5.41, 5.74) is -0.415. The average molecular weight is 489 g/mol. The smallest absolute Gasteiger partial charge is 0.350 e. The number of anilines is 1. The highest BCUT2D eigenvalue weighted by molar-refractivity contribution is 7.94. The van der Waals surface area contributed by atoms with Gasteiger partial charge in [-0.15, -0.1) is 11.3 Å². The Balaban J connectivity index is 1.73. The predicted octanol–water partition coefficient (Wildman–Crippen LogP) is 2.19. The predicted molar refractivity (Wildman–Crippen MR) is 115 cm³/mol. The lowest BCUT2D eigenvalue weighted by molar-refractivity contribution is -0.116. The SMILES string of the molecule is COc1c(/C=C/C(=O)NCc2ccco2)c(NS(=O)(=O)c2nccs2)cc2c1C(=O)OC2=O. The van der Waals surface area contributed by atoms with E-state index >= 15 is 0 Å². The summed E-state index contributed by atoms with van der Waals surface area (Å²) in [6.07, 6.45) is 5.17. The van der Waals surface area contributed by atoms with Gasteiger partial charge in [-0.3, -0.25) is 9.52 Å². The van der Waals surface area contributed by atoms with Crippen LogP contribution in [0, 0.1) is 0 Å². The molecule has 0 aliphatic carbocycles. The fraction of sp³-hybridized carbons (Fsp3) is 0.100. The molecule has 13 heteroatoms. The molecular formula is C20H15N3O8S2. The maximum Gasteiger partial charge on any atom is 0.350 e. The van der Waals surface area contributed by atoms with Crippen molar-refractivity contribution < 1.29 is 36.7 Å². The number of ether oxygens (including phenoxy) is 2. The number of cyclic esters (lactones) is 2.